The number of amides is 1. The quantitative estimate of drug-likeness (QED) is 0.888. The van der Waals surface area contributed by atoms with E-state index in [9.17, 15) is 9.90 Å². The van der Waals surface area contributed by atoms with Crippen molar-refractivity contribution in [2.75, 3.05) is 18.1 Å². The molecule has 0 saturated carbocycles. The molecular weight excluding hydrogens is 258 g/mol. The van der Waals surface area contributed by atoms with Gasteiger partial charge in [-0.2, -0.15) is 11.8 Å². The van der Waals surface area contributed by atoms with Crippen LogP contribution in [0.3, 0.4) is 0 Å². The van der Waals surface area contributed by atoms with E-state index in [1.54, 1.807) is 0 Å². The smallest absolute Gasteiger partial charge is 0.251 e. The summed E-state index contributed by atoms with van der Waals surface area (Å²) in [5.74, 6) is 1.84. The second kappa shape index (κ2) is 6.44. The van der Waals surface area contributed by atoms with E-state index < -0.39 is 5.60 Å². The van der Waals surface area contributed by atoms with Gasteiger partial charge in [-0.3, -0.25) is 4.79 Å². The summed E-state index contributed by atoms with van der Waals surface area (Å²) in [6.45, 7) is 2.44. The van der Waals surface area contributed by atoms with Crippen molar-refractivity contribution < 1.29 is 9.90 Å². The molecule has 1 aromatic rings. The van der Waals surface area contributed by atoms with Gasteiger partial charge in [0.25, 0.3) is 5.91 Å². The van der Waals surface area contributed by atoms with Crippen LogP contribution in [-0.4, -0.2) is 34.7 Å². The molecule has 104 valence electrons. The number of nitrogens with one attached hydrogen (secondary N) is 1. The molecule has 1 aliphatic heterocycles. The molecule has 0 aromatic heterocycles. The summed E-state index contributed by atoms with van der Waals surface area (Å²) in [5.41, 5.74) is 1.16. The van der Waals surface area contributed by atoms with Crippen LogP contribution in [0.5, 0.6) is 0 Å². The van der Waals surface area contributed by atoms with Crippen molar-refractivity contribution in [2.45, 2.75) is 31.8 Å². The second-order valence-corrected chi connectivity index (χ2v) is 6.29. The van der Waals surface area contributed by atoms with Gasteiger partial charge in [0.15, 0.2) is 0 Å². The van der Waals surface area contributed by atoms with E-state index >= 15 is 0 Å². The van der Waals surface area contributed by atoms with Gasteiger partial charge in [-0.15, -0.1) is 0 Å². The zero-order valence-electron chi connectivity index (χ0n) is 11.3. The van der Waals surface area contributed by atoms with Crippen LogP contribution in [-0.2, 0) is 6.42 Å². The minimum absolute atomic E-state index is 0.102. The molecule has 3 nitrogen and oxygen atoms in total. The molecular formula is C15H21NO2S. The van der Waals surface area contributed by atoms with Crippen LogP contribution in [0.1, 0.15) is 35.7 Å². The van der Waals surface area contributed by atoms with Gasteiger partial charge in [-0.05, 0) is 48.5 Å². The highest BCUT2D eigenvalue weighted by Gasteiger charge is 2.29. The Morgan fingerprint density at radius 3 is 2.53 bits per heavy atom. The molecule has 4 heteroatoms. The van der Waals surface area contributed by atoms with Gasteiger partial charge >= 0.3 is 0 Å². The fourth-order valence-electron chi connectivity index (χ4n) is 2.17. The van der Waals surface area contributed by atoms with Crippen LogP contribution in [0.25, 0.3) is 0 Å². The van der Waals surface area contributed by atoms with Crippen molar-refractivity contribution in [3.8, 4) is 0 Å². The van der Waals surface area contributed by atoms with Crippen LogP contribution >= 0.6 is 11.8 Å². The summed E-state index contributed by atoms with van der Waals surface area (Å²) in [6.07, 6.45) is 2.48. The number of hydrogen-bond donors (Lipinski definition) is 2. The van der Waals surface area contributed by atoms with Crippen molar-refractivity contribution in [1.82, 2.24) is 5.32 Å². The SMILES string of the molecule is CCc1ccc(C(=O)NCC2(O)CCSCC2)cc1. The van der Waals surface area contributed by atoms with Gasteiger partial charge < -0.3 is 10.4 Å². The van der Waals surface area contributed by atoms with Gasteiger partial charge in [-0.1, -0.05) is 19.1 Å². The van der Waals surface area contributed by atoms with Crippen molar-refractivity contribution in [2.24, 2.45) is 0 Å². The fraction of sp³-hybridized carbons (Fsp3) is 0.533. The van der Waals surface area contributed by atoms with E-state index in [0.29, 0.717) is 12.1 Å². The molecule has 0 unspecified atom stereocenters. The predicted molar refractivity (Wildman–Crippen MR) is 79.7 cm³/mol. The lowest BCUT2D eigenvalue weighted by Crippen LogP contribution is -2.45. The molecule has 0 radical (unpaired) electrons. The minimum atomic E-state index is -0.718. The molecule has 0 spiro atoms. The van der Waals surface area contributed by atoms with Crippen molar-refractivity contribution in [3.63, 3.8) is 0 Å². The van der Waals surface area contributed by atoms with Gasteiger partial charge in [0.2, 0.25) is 0 Å². The second-order valence-electron chi connectivity index (χ2n) is 5.07. The predicted octanol–water partition coefficient (Wildman–Crippen LogP) is 2.24. The van der Waals surface area contributed by atoms with E-state index in [1.807, 2.05) is 36.0 Å². The topological polar surface area (TPSA) is 49.3 Å². The molecule has 19 heavy (non-hydrogen) atoms. The Hall–Kier alpha value is -1.00. The number of carbonyl (C=O) groups is 1. The number of aryl methyl sites for hydroxylation is 1. The average molecular weight is 279 g/mol. The third-order valence-electron chi connectivity index (χ3n) is 3.63. The summed E-state index contributed by atoms with van der Waals surface area (Å²) in [7, 11) is 0. The molecule has 2 rings (SSSR count). The molecule has 1 amide bonds. The largest absolute Gasteiger partial charge is 0.388 e. The van der Waals surface area contributed by atoms with E-state index in [2.05, 4.69) is 12.2 Å². The number of hydrogen-bond acceptors (Lipinski definition) is 3. The lowest BCUT2D eigenvalue weighted by molar-refractivity contribution is 0.0311. The number of benzene rings is 1. The van der Waals surface area contributed by atoms with Gasteiger partial charge in [0, 0.05) is 12.1 Å². The zero-order chi connectivity index (χ0) is 13.7. The Morgan fingerprint density at radius 2 is 1.95 bits per heavy atom. The zero-order valence-corrected chi connectivity index (χ0v) is 12.1. The van der Waals surface area contributed by atoms with Crippen molar-refractivity contribution >= 4 is 17.7 Å². The lowest BCUT2D eigenvalue weighted by atomic mass is 9.97. The molecule has 1 aromatic carbocycles. The highest BCUT2D eigenvalue weighted by molar-refractivity contribution is 7.99. The summed E-state index contributed by atoms with van der Waals surface area (Å²) < 4.78 is 0. The first-order valence-electron chi connectivity index (χ1n) is 6.80. The Balaban J connectivity index is 1.89. The molecule has 2 N–H and O–H groups in total. The highest BCUT2D eigenvalue weighted by Crippen LogP contribution is 2.26. The van der Waals surface area contributed by atoms with Crippen LogP contribution < -0.4 is 5.32 Å². The summed E-state index contributed by atoms with van der Waals surface area (Å²) >= 11 is 1.86. The molecule has 1 heterocycles. The number of aliphatic hydroxyl groups is 1. The maximum absolute atomic E-state index is 12.0. The minimum Gasteiger partial charge on any atom is -0.388 e. The maximum Gasteiger partial charge on any atom is 0.251 e. The third-order valence-corrected chi connectivity index (χ3v) is 4.61. The summed E-state index contributed by atoms with van der Waals surface area (Å²) in [4.78, 5) is 12.0. The normalized spacial score (nSPS) is 18.0. The maximum atomic E-state index is 12.0. The van der Waals surface area contributed by atoms with Crippen molar-refractivity contribution in [3.05, 3.63) is 35.4 Å². The van der Waals surface area contributed by atoms with Gasteiger partial charge in [0.1, 0.15) is 0 Å². The molecule has 0 atom stereocenters. The van der Waals surface area contributed by atoms with E-state index in [-0.39, 0.29) is 5.91 Å². The molecule has 0 bridgehead atoms. The van der Waals surface area contributed by atoms with Crippen LogP contribution in [0, 0.1) is 0 Å². The number of carbonyl (C=O) groups excluding carboxylic acids is 1. The van der Waals surface area contributed by atoms with E-state index in [0.717, 1.165) is 30.8 Å². The molecule has 1 saturated heterocycles. The Morgan fingerprint density at radius 1 is 1.32 bits per heavy atom. The first-order chi connectivity index (χ1) is 9.13. The summed E-state index contributed by atoms with van der Waals surface area (Å²) in [6, 6.07) is 7.63. The summed E-state index contributed by atoms with van der Waals surface area (Å²) in [5, 5.41) is 13.2. The number of rotatable bonds is 4. The first-order valence-corrected chi connectivity index (χ1v) is 7.96. The lowest BCUT2D eigenvalue weighted by Gasteiger charge is -2.31. The Bertz CT molecular complexity index is 424. The highest BCUT2D eigenvalue weighted by atomic mass is 32.2. The van der Waals surface area contributed by atoms with Gasteiger partial charge in [0.05, 0.1) is 5.60 Å². The van der Waals surface area contributed by atoms with Crippen LogP contribution in [0.15, 0.2) is 24.3 Å². The van der Waals surface area contributed by atoms with Gasteiger partial charge in [-0.25, -0.2) is 0 Å². The van der Waals surface area contributed by atoms with E-state index in [1.165, 1.54) is 5.56 Å². The molecule has 1 aliphatic rings. The number of thioether (sulfide) groups is 1. The van der Waals surface area contributed by atoms with E-state index in [4.69, 9.17) is 0 Å². The molecule has 0 aliphatic carbocycles. The Labute approximate surface area is 118 Å². The van der Waals surface area contributed by atoms with Crippen LogP contribution in [0.2, 0.25) is 0 Å². The Kier molecular flexibility index (Phi) is 4.88. The van der Waals surface area contributed by atoms with Crippen molar-refractivity contribution in [1.29, 1.82) is 0 Å². The fourth-order valence-corrected chi connectivity index (χ4v) is 3.42. The first kappa shape index (κ1) is 14.4. The standard InChI is InChI=1S/C15H21NO2S/c1-2-12-3-5-13(6-4-12)14(17)16-11-15(18)7-9-19-10-8-15/h3-6,18H,2,7-11H2,1H3,(H,16,17). The average Bonchev–Trinajstić information content (AvgIpc) is 2.46. The molecule has 1 fully saturated rings. The third kappa shape index (κ3) is 3.98. The monoisotopic (exact) mass is 279 g/mol. The van der Waals surface area contributed by atoms with Crippen LogP contribution in [0.4, 0.5) is 0 Å².